The minimum Gasteiger partial charge on any atom is -0.350 e. The molecule has 120 valence electrons. The lowest BCUT2D eigenvalue weighted by Crippen LogP contribution is -2.52. The quantitative estimate of drug-likeness (QED) is 0.909. The van der Waals surface area contributed by atoms with Crippen molar-refractivity contribution in [3.63, 3.8) is 0 Å². The number of nitrogens with zero attached hydrogens (tertiary/aromatic N) is 1. The van der Waals surface area contributed by atoms with Crippen LogP contribution < -0.4 is 5.32 Å². The summed E-state index contributed by atoms with van der Waals surface area (Å²) in [6.45, 7) is 7.46. The molecule has 1 saturated heterocycles. The predicted octanol–water partition coefficient (Wildman–Crippen LogP) is 2.56. The second-order valence-corrected chi connectivity index (χ2v) is 7.49. The number of benzene rings is 1. The highest BCUT2D eigenvalue weighted by Gasteiger charge is 2.36. The number of carbonyl (C=O) groups is 2. The molecule has 0 bridgehead atoms. The molecule has 0 unspecified atom stereocenters. The first-order valence-corrected chi connectivity index (χ1v) is 8.31. The summed E-state index contributed by atoms with van der Waals surface area (Å²) in [6, 6.07) is 3.63. The van der Waals surface area contributed by atoms with Gasteiger partial charge in [-0.2, -0.15) is 0 Å². The fraction of sp³-hybridized carbons (Fsp3) is 0.500. The molecular weight excluding hydrogens is 303 g/mol. The van der Waals surface area contributed by atoms with Gasteiger partial charge in [0.2, 0.25) is 5.91 Å². The van der Waals surface area contributed by atoms with Crippen molar-refractivity contribution < 1.29 is 14.0 Å². The lowest BCUT2D eigenvalue weighted by Gasteiger charge is -2.28. The van der Waals surface area contributed by atoms with E-state index in [1.165, 1.54) is 28.8 Å². The smallest absolute Gasteiger partial charge is 0.255 e. The minimum atomic E-state index is -0.514. The molecule has 1 aromatic rings. The van der Waals surface area contributed by atoms with Gasteiger partial charge in [0, 0.05) is 16.9 Å². The molecule has 0 aliphatic carbocycles. The zero-order chi connectivity index (χ0) is 16.5. The van der Waals surface area contributed by atoms with Crippen LogP contribution in [-0.4, -0.2) is 39.9 Å². The highest BCUT2D eigenvalue weighted by Crippen LogP contribution is 2.25. The number of aryl methyl sites for hydroxylation is 1. The molecule has 1 aliphatic rings. The van der Waals surface area contributed by atoms with E-state index < -0.39 is 11.9 Å². The van der Waals surface area contributed by atoms with E-state index in [9.17, 15) is 14.0 Å². The summed E-state index contributed by atoms with van der Waals surface area (Å²) in [5.74, 6) is 0.0893. The maximum atomic E-state index is 13.4. The number of amides is 2. The third kappa shape index (κ3) is 3.80. The molecule has 1 atom stereocenters. The van der Waals surface area contributed by atoms with Crippen LogP contribution in [0.25, 0.3) is 0 Å². The van der Waals surface area contributed by atoms with Crippen LogP contribution in [0.3, 0.4) is 0 Å². The van der Waals surface area contributed by atoms with Crippen LogP contribution in [0.4, 0.5) is 4.39 Å². The largest absolute Gasteiger partial charge is 0.350 e. The van der Waals surface area contributed by atoms with Crippen LogP contribution in [0.15, 0.2) is 18.2 Å². The third-order valence-corrected chi connectivity index (χ3v) is 4.39. The van der Waals surface area contributed by atoms with Crippen molar-refractivity contribution in [1.29, 1.82) is 0 Å². The van der Waals surface area contributed by atoms with Crippen molar-refractivity contribution in [3.8, 4) is 0 Å². The summed E-state index contributed by atoms with van der Waals surface area (Å²) in [4.78, 5) is 26.6. The van der Waals surface area contributed by atoms with Gasteiger partial charge in [-0.1, -0.05) is 6.07 Å². The maximum absolute atomic E-state index is 13.4. The first-order valence-electron chi connectivity index (χ1n) is 7.16. The molecule has 1 heterocycles. The Labute approximate surface area is 134 Å². The molecule has 4 nitrogen and oxygen atoms in total. The van der Waals surface area contributed by atoms with E-state index in [2.05, 4.69) is 5.32 Å². The average molecular weight is 324 g/mol. The Morgan fingerprint density at radius 1 is 1.36 bits per heavy atom. The molecule has 1 aliphatic heterocycles. The lowest BCUT2D eigenvalue weighted by molar-refractivity contribution is -0.125. The van der Waals surface area contributed by atoms with Crippen LogP contribution in [0.1, 0.15) is 36.7 Å². The third-order valence-electron chi connectivity index (χ3n) is 3.37. The van der Waals surface area contributed by atoms with Gasteiger partial charge in [-0.3, -0.25) is 9.59 Å². The van der Waals surface area contributed by atoms with E-state index in [1.54, 1.807) is 13.0 Å². The van der Waals surface area contributed by atoms with Crippen molar-refractivity contribution in [3.05, 3.63) is 35.1 Å². The number of halogens is 1. The Hall–Kier alpha value is -1.56. The molecule has 0 saturated carbocycles. The standard InChI is InChI=1S/C16H21FN2O2S/c1-10-5-6-11(17)7-12(10)15(21)19-9-22-8-13(19)14(20)18-16(2,3)4/h5-7,13H,8-9H2,1-4H3,(H,18,20)/t13-/m0/s1. The summed E-state index contributed by atoms with van der Waals surface area (Å²) in [6.07, 6.45) is 0. The number of rotatable bonds is 2. The highest BCUT2D eigenvalue weighted by atomic mass is 32.2. The van der Waals surface area contributed by atoms with Gasteiger partial charge in [0.05, 0.1) is 5.88 Å². The molecule has 0 radical (unpaired) electrons. The van der Waals surface area contributed by atoms with E-state index in [0.29, 0.717) is 22.8 Å². The van der Waals surface area contributed by atoms with Crippen LogP contribution >= 0.6 is 11.8 Å². The topological polar surface area (TPSA) is 49.4 Å². The van der Waals surface area contributed by atoms with Gasteiger partial charge in [0.1, 0.15) is 11.9 Å². The zero-order valence-electron chi connectivity index (χ0n) is 13.3. The molecule has 2 amide bonds. The van der Waals surface area contributed by atoms with Crippen molar-refractivity contribution in [2.24, 2.45) is 0 Å². The zero-order valence-corrected chi connectivity index (χ0v) is 14.1. The maximum Gasteiger partial charge on any atom is 0.255 e. The Bertz CT molecular complexity index is 598. The molecule has 2 rings (SSSR count). The number of nitrogens with one attached hydrogen (secondary N) is 1. The Morgan fingerprint density at radius 3 is 2.68 bits per heavy atom. The second kappa shape index (κ2) is 6.28. The lowest BCUT2D eigenvalue weighted by atomic mass is 10.1. The van der Waals surface area contributed by atoms with Crippen molar-refractivity contribution >= 4 is 23.6 Å². The van der Waals surface area contributed by atoms with Gasteiger partial charge in [-0.25, -0.2) is 4.39 Å². The first kappa shape index (κ1) is 16.8. The first-order chi connectivity index (χ1) is 10.2. The molecule has 22 heavy (non-hydrogen) atoms. The molecule has 1 fully saturated rings. The number of hydrogen-bond acceptors (Lipinski definition) is 3. The molecule has 0 aromatic heterocycles. The number of thioether (sulfide) groups is 1. The summed E-state index contributed by atoms with van der Waals surface area (Å²) in [7, 11) is 0. The van der Waals surface area contributed by atoms with E-state index >= 15 is 0 Å². The van der Waals surface area contributed by atoms with Gasteiger partial charge in [0.25, 0.3) is 5.91 Å². The van der Waals surface area contributed by atoms with Gasteiger partial charge < -0.3 is 10.2 Å². The van der Waals surface area contributed by atoms with E-state index in [4.69, 9.17) is 0 Å². The second-order valence-electron chi connectivity index (χ2n) is 6.49. The van der Waals surface area contributed by atoms with Crippen molar-refractivity contribution in [2.75, 3.05) is 11.6 Å². The summed E-state index contributed by atoms with van der Waals surface area (Å²) < 4.78 is 13.4. The van der Waals surface area contributed by atoms with Gasteiger partial charge >= 0.3 is 0 Å². The van der Waals surface area contributed by atoms with Crippen LogP contribution in [0, 0.1) is 12.7 Å². The summed E-state index contributed by atoms with van der Waals surface area (Å²) in [5, 5.41) is 2.90. The monoisotopic (exact) mass is 324 g/mol. The molecule has 0 spiro atoms. The summed E-state index contributed by atoms with van der Waals surface area (Å²) in [5.41, 5.74) is 0.669. The van der Waals surface area contributed by atoms with Crippen LogP contribution in [-0.2, 0) is 4.79 Å². The molecular formula is C16H21FN2O2S. The average Bonchev–Trinajstić information content (AvgIpc) is 2.88. The number of carbonyl (C=O) groups excluding carboxylic acids is 2. The van der Waals surface area contributed by atoms with E-state index in [0.717, 1.165) is 0 Å². The van der Waals surface area contributed by atoms with Gasteiger partial charge in [-0.05, 0) is 45.4 Å². The highest BCUT2D eigenvalue weighted by molar-refractivity contribution is 7.99. The van der Waals surface area contributed by atoms with E-state index in [-0.39, 0.29) is 17.4 Å². The van der Waals surface area contributed by atoms with Gasteiger partial charge in [-0.15, -0.1) is 11.8 Å². The summed E-state index contributed by atoms with van der Waals surface area (Å²) >= 11 is 1.53. The van der Waals surface area contributed by atoms with Crippen LogP contribution in [0.2, 0.25) is 0 Å². The van der Waals surface area contributed by atoms with Gasteiger partial charge in [0.15, 0.2) is 0 Å². The Kier molecular flexibility index (Phi) is 4.80. The van der Waals surface area contributed by atoms with E-state index in [1.807, 2.05) is 20.8 Å². The number of hydrogen-bond donors (Lipinski definition) is 1. The minimum absolute atomic E-state index is 0.167. The molecule has 1 aromatic carbocycles. The SMILES string of the molecule is Cc1ccc(F)cc1C(=O)N1CSC[C@H]1C(=O)NC(C)(C)C. The molecule has 6 heteroatoms. The van der Waals surface area contributed by atoms with Crippen LogP contribution in [0.5, 0.6) is 0 Å². The van der Waals surface area contributed by atoms with Crippen molar-refractivity contribution in [1.82, 2.24) is 10.2 Å². The predicted molar refractivity (Wildman–Crippen MR) is 86.3 cm³/mol. The fourth-order valence-corrected chi connectivity index (χ4v) is 3.45. The van der Waals surface area contributed by atoms with Crippen molar-refractivity contribution in [2.45, 2.75) is 39.3 Å². The Morgan fingerprint density at radius 2 is 2.05 bits per heavy atom. The Balaban J connectivity index is 2.21. The fourth-order valence-electron chi connectivity index (χ4n) is 2.29. The molecule has 1 N–H and O–H groups in total. The normalized spacial score (nSPS) is 18.4.